The van der Waals surface area contributed by atoms with Crippen molar-refractivity contribution < 1.29 is 4.43 Å². The number of hydrogen-bond donors (Lipinski definition) is 0. The van der Waals surface area contributed by atoms with Crippen LogP contribution in [0, 0.1) is 24.0 Å². The predicted molar refractivity (Wildman–Crippen MR) is 84.8 cm³/mol. The third-order valence-corrected chi connectivity index (χ3v) is 4.38. The van der Waals surface area contributed by atoms with Gasteiger partial charge in [-0.2, -0.15) is 0 Å². The molecule has 2 aromatic heterocycles. The van der Waals surface area contributed by atoms with Crippen LogP contribution < -0.4 is 4.43 Å². The Morgan fingerprint density at radius 2 is 1.67 bits per heavy atom. The number of rotatable bonds is 2. The van der Waals surface area contributed by atoms with Gasteiger partial charge in [0, 0.05) is 4.91 Å². The Bertz CT molecular complexity index is 837. The maximum atomic E-state index is 12.8. The van der Waals surface area contributed by atoms with Gasteiger partial charge in [-0.05, 0) is 37.4 Å². The van der Waals surface area contributed by atoms with Crippen LogP contribution in [0.5, 0.6) is 0 Å². The number of benzene rings is 1. The largest absolute Gasteiger partial charge is 0.805 e. The standard InChI is InChI=1S/C16H14N2O2S/c1-11-15(13-7-4-3-5-8-13)18(20)16(12(2)17(11)19)14-9-6-10-21-14/h3-10H,1-2H3. The van der Waals surface area contributed by atoms with Gasteiger partial charge in [-0.3, -0.25) is 0 Å². The summed E-state index contributed by atoms with van der Waals surface area (Å²) < 4.78 is 1.71. The van der Waals surface area contributed by atoms with Crippen LogP contribution in [0.1, 0.15) is 11.4 Å². The van der Waals surface area contributed by atoms with Crippen LogP contribution in [0.25, 0.3) is 21.8 Å². The number of aromatic nitrogens is 2. The molecule has 0 aliphatic carbocycles. The molecule has 0 N–H and O–H groups in total. The molecule has 21 heavy (non-hydrogen) atoms. The highest BCUT2D eigenvalue weighted by molar-refractivity contribution is 7.13. The summed E-state index contributed by atoms with van der Waals surface area (Å²) in [6.07, 6.45) is 0. The Balaban J connectivity index is 2.40. The van der Waals surface area contributed by atoms with Gasteiger partial charge in [0.05, 0.1) is 21.4 Å². The average Bonchev–Trinajstić information content (AvgIpc) is 3.00. The summed E-state index contributed by atoms with van der Waals surface area (Å²) in [7, 11) is 0. The summed E-state index contributed by atoms with van der Waals surface area (Å²) in [6, 6.07) is 13.0. The van der Waals surface area contributed by atoms with Crippen molar-refractivity contribution in [3.63, 3.8) is 0 Å². The lowest BCUT2D eigenvalue weighted by atomic mass is 10.1. The smallest absolute Gasteiger partial charge is 0.299 e. The van der Waals surface area contributed by atoms with E-state index in [0.29, 0.717) is 22.8 Å². The van der Waals surface area contributed by atoms with E-state index in [1.54, 1.807) is 13.8 Å². The molecule has 0 saturated heterocycles. The summed E-state index contributed by atoms with van der Waals surface area (Å²) in [5.74, 6) is 0. The van der Waals surface area contributed by atoms with Crippen molar-refractivity contribution in [2.75, 3.05) is 0 Å². The number of hydrogen-bond acceptors (Lipinski definition) is 3. The fourth-order valence-electron chi connectivity index (χ4n) is 2.46. The topological polar surface area (TPSA) is 51.0 Å². The van der Waals surface area contributed by atoms with Crippen molar-refractivity contribution in [2.45, 2.75) is 13.8 Å². The summed E-state index contributed by atoms with van der Waals surface area (Å²) >= 11 is 1.45. The Kier molecular flexibility index (Phi) is 3.35. The molecule has 3 rings (SSSR count). The fourth-order valence-corrected chi connectivity index (χ4v) is 3.27. The molecule has 2 heterocycles. The number of thiophene rings is 1. The van der Waals surface area contributed by atoms with E-state index in [1.807, 2.05) is 47.8 Å². The molecule has 0 aliphatic rings. The lowest BCUT2D eigenvalue weighted by Crippen LogP contribution is -2.27. The van der Waals surface area contributed by atoms with E-state index in [0.717, 1.165) is 19.6 Å². The second-order valence-electron chi connectivity index (χ2n) is 4.80. The fraction of sp³-hybridized carbons (Fsp3) is 0.125. The molecule has 3 aromatic rings. The summed E-state index contributed by atoms with van der Waals surface area (Å²) in [6.45, 7) is 3.35. The minimum Gasteiger partial charge on any atom is -0.805 e. The zero-order valence-corrected chi connectivity index (χ0v) is 12.6. The van der Waals surface area contributed by atoms with Crippen LogP contribution in [0.2, 0.25) is 0 Å². The zero-order valence-electron chi connectivity index (χ0n) is 11.7. The molecule has 0 spiro atoms. The highest BCUT2D eigenvalue weighted by atomic mass is 32.1. The van der Waals surface area contributed by atoms with E-state index in [2.05, 4.69) is 0 Å². The third-order valence-electron chi connectivity index (χ3n) is 3.50. The molecule has 0 atom stereocenters. The first-order valence-electron chi connectivity index (χ1n) is 6.57. The summed E-state index contributed by atoms with van der Waals surface area (Å²) in [4.78, 5) is 13.6. The van der Waals surface area contributed by atoms with Crippen molar-refractivity contribution in [1.82, 2.24) is 4.73 Å². The van der Waals surface area contributed by atoms with Gasteiger partial charge in [0.25, 0.3) is 11.4 Å². The molecular weight excluding hydrogens is 284 g/mol. The second kappa shape index (κ2) is 5.18. The first-order chi connectivity index (χ1) is 10.1. The van der Waals surface area contributed by atoms with Crippen molar-refractivity contribution in [2.24, 2.45) is 0 Å². The highest BCUT2D eigenvalue weighted by Gasteiger charge is 2.26. The Hall–Kier alpha value is -2.40. The number of nitrogens with zero attached hydrogens (tertiary/aromatic N) is 2. The molecule has 0 bridgehead atoms. The molecule has 1 aromatic carbocycles. The maximum absolute atomic E-state index is 12.8. The van der Waals surface area contributed by atoms with Crippen LogP contribution >= 0.6 is 11.3 Å². The van der Waals surface area contributed by atoms with Gasteiger partial charge in [0.1, 0.15) is 4.88 Å². The summed E-state index contributed by atoms with van der Waals surface area (Å²) in [5.41, 5.74) is 2.40. The summed E-state index contributed by atoms with van der Waals surface area (Å²) in [5, 5.41) is 14.3. The van der Waals surface area contributed by atoms with Gasteiger partial charge in [-0.25, -0.2) is 0 Å². The van der Waals surface area contributed by atoms with Crippen LogP contribution in [-0.2, 0) is 0 Å². The van der Waals surface area contributed by atoms with E-state index < -0.39 is 0 Å². The normalized spacial score (nSPS) is 10.8. The SMILES string of the molecule is Cc1c(-c2ccccc2)[n+](=O)c(-c2cccs2)c(C)n1[O-]. The van der Waals surface area contributed by atoms with Crippen LogP contribution in [-0.4, -0.2) is 4.73 Å². The quantitative estimate of drug-likeness (QED) is 0.676. The lowest BCUT2D eigenvalue weighted by Gasteiger charge is -2.18. The first kappa shape index (κ1) is 13.6. The Morgan fingerprint density at radius 3 is 2.29 bits per heavy atom. The monoisotopic (exact) mass is 298 g/mol. The Morgan fingerprint density at radius 1 is 1.00 bits per heavy atom. The molecule has 0 aliphatic heterocycles. The minimum atomic E-state index is 0.402. The molecule has 0 fully saturated rings. The zero-order chi connectivity index (χ0) is 15.0. The molecule has 106 valence electrons. The molecule has 5 heteroatoms. The molecule has 0 radical (unpaired) electrons. The van der Waals surface area contributed by atoms with Gasteiger partial charge in [-0.15, -0.1) is 11.3 Å². The third kappa shape index (κ3) is 2.15. The van der Waals surface area contributed by atoms with Crippen molar-refractivity contribution in [3.05, 3.63) is 69.3 Å². The minimum absolute atomic E-state index is 0.402. The van der Waals surface area contributed by atoms with Gasteiger partial charge in [0.2, 0.25) is 0 Å². The molecule has 4 nitrogen and oxygen atoms in total. The van der Waals surface area contributed by atoms with Crippen molar-refractivity contribution >= 4 is 11.3 Å². The molecule has 0 amide bonds. The van der Waals surface area contributed by atoms with Crippen LogP contribution in [0.4, 0.5) is 0 Å². The highest BCUT2D eigenvalue weighted by Crippen LogP contribution is 2.28. The molecule has 0 saturated carbocycles. The van der Waals surface area contributed by atoms with Gasteiger partial charge >= 0.3 is 0 Å². The lowest BCUT2D eigenvalue weighted by molar-refractivity contribution is -0.471. The maximum Gasteiger partial charge on any atom is 0.299 e. The van der Waals surface area contributed by atoms with Gasteiger partial charge in [-0.1, -0.05) is 24.3 Å². The second-order valence-corrected chi connectivity index (χ2v) is 5.75. The van der Waals surface area contributed by atoms with Crippen molar-refractivity contribution in [3.8, 4) is 21.8 Å². The van der Waals surface area contributed by atoms with Crippen LogP contribution in [0.3, 0.4) is 0 Å². The average molecular weight is 298 g/mol. The van der Waals surface area contributed by atoms with E-state index in [1.165, 1.54) is 11.3 Å². The predicted octanol–water partition coefficient (Wildman–Crippen LogP) is 3.76. The van der Waals surface area contributed by atoms with Crippen molar-refractivity contribution in [1.29, 1.82) is 0 Å². The van der Waals surface area contributed by atoms with Crippen LogP contribution in [0.15, 0.2) is 47.8 Å². The molecular formula is C16H14N2O2S. The van der Waals surface area contributed by atoms with Gasteiger partial charge < -0.3 is 9.94 Å². The van der Waals surface area contributed by atoms with E-state index >= 15 is 0 Å². The van der Waals surface area contributed by atoms with E-state index in [9.17, 15) is 10.1 Å². The van der Waals surface area contributed by atoms with E-state index in [4.69, 9.17) is 0 Å². The molecule has 0 unspecified atom stereocenters. The first-order valence-corrected chi connectivity index (χ1v) is 7.45. The van der Waals surface area contributed by atoms with Gasteiger partial charge in [0.15, 0.2) is 0 Å². The van der Waals surface area contributed by atoms with E-state index in [-0.39, 0.29) is 0 Å². The Labute approximate surface area is 126 Å².